The summed E-state index contributed by atoms with van der Waals surface area (Å²) >= 11 is 0. The molecule has 0 aromatic heterocycles. The molecule has 2 aliphatic rings. The first-order chi connectivity index (χ1) is 11.8. The molecule has 2 atom stereocenters. The van der Waals surface area contributed by atoms with Crippen molar-refractivity contribution in [3.63, 3.8) is 0 Å². The molecule has 3 nitrogen and oxygen atoms in total. The van der Waals surface area contributed by atoms with Crippen LogP contribution in [-0.4, -0.2) is 29.9 Å². The molecular weight excluding hydrogens is 296 g/mol. The van der Waals surface area contributed by atoms with E-state index >= 15 is 0 Å². The summed E-state index contributed by atoms with van der Waals surface area (Å²) < 4.78 is 0. The van der Waals surface area contributed by atoms with Crippen LogP contribution in [0, 0.1) is 5.92 Å². The maximum atomic E-state index is 12.8. The summed E-state index contributed by atoms with van der Waals surface area (Å²) in [6.45, 7) is 1.35. The fraction of sp³-hybridized carbons (Fsp3) is 0.476. The zero-order chi connectivity index (χ0) is 16.4. The van der Waals surface area contributed by atoms with E-state index in [0.717, 1.165) is 18.2 Å². The molecule has 1 saturated carbocycles. The van der Waals surface area contributed by atoms with Crippen molar-refractivity contribution in [2.75, 3.05) is 18.4 Å². The first kappa shape index (κ1) is 15.5. The third-order valence-electron chi connectivity index (χ3n) is 5.76. The number of nitrogens with zero attached hydrogens (tertiary/aromatic N) is 1. The Bertz CT molecular complexity index is 725. The number of hydrogen-bond acceptors (Lipinski definition) is 2. The molecule has 1 N–H and O–H groups in total. The second-order valence-electron chi connectivity index (χ2n) is 7.26. The maximum absolute atomic E-state index is 12.8. The molecule has 1 aliphatic heterocycles. The Morgan fingerprint density at radius 1 is 1.00 bits per heavy atom. The van der Waals surface area contributed by atoms with Gasteiger partial charge in [0.15, 0.2) is 0 Å². The van der Waals surface area contributed by atoms with Crippen LogP contribution in [0.25, 0.3) is 10.8 Å². The summed E-state index contributed by atoms with van der Waals surface area (Å²) in [5.41, 5.74) is 1.03. The predicted molar refractivity (Wildman–Crippen MR) is 99.1 cm³/mol. The van der Waals surface area contributed by atoms with Crippen molar-refractivity contribution in [1.29, 1.82) is 0 Å². The first-order valence-electron chi connectivity index (χ1n) is 9.33. The number of fused-ring (bicyclic) bond motifs is 2. The molecule has 2 unspecified atom stereocenters. The van der Waals surface area contributed by atoms with Gasteiger partial charge in [-0.15, -0.1) is 0 Å². The van der Waals surface area contributed by atoms with Gasteiger partial charge in [-0.3, -0.25) is 4.79 Å². The minimum absolute atomic E-state index is 0.264. The summed E-state index contributed by atoms with van der Waals surface area (Å²) in [7, 11) is 0. The van der Waals surface area contributed by atoms with Crippen LogP contribution in [0.1, 0.15) is 38.5 Å². The summed E-state index contributed by atoms with van der Waals surface area (Å²) in [5, 5.41) is 5.78. The van der Waals surface area contributed by atoms with E-state index in [1.54, 1.807) is 0 Å². The molecule has 0 radical (unpaired) electrons. The molecule has 1 heterocycles. The average Bonchev–Trinajstić information content (AvgIpc) is 2.65. The maximum Gasteiger partial charge on any atom is 0.242 e. The molecule has 1 amide bonds. The molecule has 2 aromatic carbocycles. The van der Waals surface area contributed by atoms with Gasteiger partial charge in [-0.2, -0.15) is 0 Å². The smallest absolute Gasteiger partial charge is 0.242 e. The quantitative estimate of drug-likeness (QED) is 0.906. The van der Waals surface area contributed by atoms with Gasteiger partial charge in [0.2, 0.25) is 5.91 Å². The van der Waals surface area contributed by atoms with Gasteiger partial charge in [0.25, 0.3) is 0 Å². The molecule has 1 saturated heterocycles. The zero-order valence-corrected chi connectivity index (χ0v) is 14.2. The highest BCUT2D eigenvalue weighted by Gasteiger charge is 2.35. The van der Waals surface area contributed by atoms with Crippen molar-refractivity contribution in [3.05, 3.63) is 42.5 Å². The molecule has 126 valence electrons. The fourth-order valence-corrected chi connectivity index (χ4v) is 4.51. The number of piperidine rings is 1. The van der Waals surface area contributed by atoms with Gasteiger partial charge in [-0.25, -0.2) is 0 Å². The Kier molecular flexibility index (Phi) is 4.42. The molecule has 1 aliphatic carbocycles. The second-order valence-corrected chi connectivity index (χ2v) is 7.26. The van der Waals surface area contributed by atoms with E-state index in [2.05, 4.69) is 46.6 Å². The van der Waals surface area contributed by atoms with Gasteiger partial charge >= 0.3 is 0 Å². The van der Waals surface area contributed by atoms with E-state index in [4.69, 9.17) is 0 Å². The van der Waals surface area contributed by atoms with Crippen LogP contribution >= 0.6 is 0 Å². The van der Waals surface area contributed by atoms with Crippen LogP contribution in [0.5, 0.6) is 0 Å². The Labute approximate surface area is 144 Å². The molecule has 24 heavy (non-hydrogen) atoms. The van der Waals surface area contributed by atoms with Crippen LogP contribution < -0.4 is 5.32 Å². The minimum Gasteiger partial charge on any atom is -0.376 e. The lowest BCUT2D eigenvalue weighted by Gasteiger charge is -2.44. The van der Waals surface area contributed by atoms with Crippen molar-refractivity contribution in [1.82, 2.24) is 4.90 Å². The molecule has 4 rings (SSSR count). The molecular formula is C21H26N2O. The van der Waals surface area contributed by atoms with Crippen LogP contribution in [0.15, 0.2) is 42.5 Å². The number of nitrogens with one attached hydrogen (secondary N) is 1. The number of carbonyl (C=O) groups is 1. The van der Waals surface area contributed by atoms with E-state index in [0.29, 0.717) is 12.6 Å². The van der Waals surface area contributed by atoms with E-state index in [1.165, 1.54) is 49.3 Å². The average molecular weight is 322 g/mol. The summed E-state index contributed by atoms with van der Waals surface area (Å²) in [6.07, 6.45) is 7.62. The normalized spacial score (nSPS) is 23.8. The minimum atomic E-state index is 0.264. The SMILES string of the molecule is O=C(CNc1ccc2ccccc2c1)N1CCCC2CCCCC21. The number of likely N-dealkylation sites (tertiary alicyclic amines) is 1. The fourth-order valence-electron chi connectivity index (χ4n) is 4.51. The highest BCUT2D eigenvalue weighted by molar-refractivity contribution is 5.87. The van der Waals surface area contributed by atoms with Crippen LogP contribution in [0.3, 0.4) is 0 Å². The van der Waals surface area contributed by atoms with Gasteiger partial charge in [0.05, 0.1) is 6.54 Å². The first-order valence-corrected chi connectivity index (χ1v) is 9.33. The topological polar surface area (TPSA) is 32.3 Å². The van der Waals surface area contributed by atoms with Crippen LogP contribution in [0.4, 0.5) is 5.69 Å². The highest BCUT2D eigenvalue weighted by atomic mass is 16.2. The van der Waals surface area contributed by atoms with E-state index in [1.807, 2.05) is 6.07 Å². The van der Waals surface area contributed by atoms with Gasteiger partial charge in [-0.1, -0.05) is 43.2 Å². The number of amides is 1. The Morgan fingerprint density at radius 3 is 2.71 bits per heavy atom. The van der Waals surface area contributed by atoms with Crippen molar-refractivity contribution >= 4 is 22.4 Å². The number of carbonyl (C=O) groups excluding carboxylic acids is 1. The van der Waals surface area contributed by atoms with Crippen molar-refractivity contribution in [2.45, 2.75) is 44.6 Å². The van der Waals surface area contributed by atoms with Gasteiger partial charge in [0, 0.05) is 18.3 Å². The molecule has 0 spiro atoms. The Balaban J connectivity index is 1.41. The molecule has 3 heteroatoms. The standard InChI is InChI=1S/C21H26N2O/c24-21(23-13-5-9-17-7-3-4-10-20(17)23)15-22-19-12-11-16-6-1-2-8-18(16)14-19/h1-2,6,8,11-12,14,17,20,22H,3-5,7,9-10,13,15H2. The van der Waals surface area contributed by atoms with E-state index in [9.17, 15) is 4.79 Å². The predicted octanol–water partition coefficient (Wildman–Crippen LogP) is 4.43. The van der Waals surface area contributed by atoms with Crippen LogP contribution in [-0.2, 0) is 4.79 Å². The second kappa shape index (κ2) is 6.84. The monoisotopic (exact) mass is 322 g/mol. The Morgan fingerprint density at radius 2 is 1.79 bits per heavy atom. The van der Waals surface area contributed by atoms with E-state index in [-0.39, 0.29) is 5.91 Å². The van der Waals surface area contributed by atoms with Crippen molar-refractivity contribution in [3.8, 4) is 0 Å². The number of anilines is 1. The number of benzene rings is 2. The lowest BCUT2D eigenvalue weighted by Crippen LogP contribution is -2.51. The lowest BCUT2D eigenvalue weighted by molar-refractivity contribution is -0.135. The zero-order valence-electron chi connectivity index (χ0n) is 14.2. The van der Waals surface area contributed by atoms with Gasteiger partial charge in [-0.05, 0) is 54.5 Å². The van der Waals surface area contributed by atoms with Crippen molar-refractivity contribution < 1.29 is 4.79 Å². The lowest BCUT2D eigenvalue weighted by atomic mass is 9.78. The van der Waals surface area contributed by atoms with Crippen molar-refractivity contribution in [2.24, 2.45) is 5.92 Å². The third-order valence-corrected chi connectivity index (χ3v) is 5.76. The largest absolute Gasteiger partial charge is 0.376 e. The van der Waals surface area contributed by atoms with E-state index < -0.39 is 0 Å². The van der Waals surface area contributed by atoms with Crippen LogP contribution in [0.2, 0.25) is 0 Å². The molecule has 0 bridgehead atoms. The number of rotatable bonds is 3. The molecule has 2 aromatic rings. The third kappa shape index (κ3) is 3.12. The summed E-state index contributed by atoms with van der Waals surface area (Å²) in [4.78, 5) is 14.9. The molecule has 2 fully saturated rings. The highest BCUT2D eigenvalue weighted by Crippen LogP contribution is 2.35. The van der Waals surface area contributed by atoms with Gasteiger partial charge in [0.1, 0.15) is 0 Å². The Hall–Kier alpha value is -2.03. The summed E-state index contributed by atoms with van der Waals surface area (Å²) in [6, 6.07) is 15.1. The number of hydrogen-bond donors (Lipinski definition) is 1. The van der Waals surface area contributed by atoms with Gasteiger partial charge < -0.3 is 10.2 Å². The summed E-state index contributed by atoms with van der Waals surface area (Å²) in [5.74, 6) is 1.01.